The lowest BCUT2D eigenvalue weighted by atomic mass is 9.89. The van der Waals surface area contributed by atoms with Gasteiger partial charge in [0.25, 0.3) is 5.91 Å². The molecule has 4 heterocycles. The zero-order chi connectivity index (χ0) is 18.3. The fraction of sp³-hybridized carbons (Fsp3) is 0.667. The van der Waals surface area contributed by atoms with E-state index < -0.39 is 5.60 Å². The second-order valence-corrected chi connectivity index (χ2v) is 7.72. The van der Waals surface area contributed by atoms with Crippen LogP contribution in [0.4, 0.5) is 0 Å². The third kappa shape index (κ3) is 2.92. The SMILES string of the molecule is CC(C)n1cc(C2(O)CCCN(C(=O)c3cnn4c3CCCC4)C2)nn1. The highest BCUT2D eigenvalue weighted by Crippen LogP contribution is 2.32. The van der Waals surface area contributed by atoms with Gasteiger partial charge in [-0.3, -0.25) is 9.48 Å². The van der Waals surface area contributed by atoms with Crippen LogP contribution in [0.15, 0.2) is 12.4 Å². The van der Waals surface area contributed by atoms with Crippen molar-refractivity contribution in [1.82, 2.24) is 29.7 Å². The van der Waals surface area contributed by atoms with Crippen molar-refractivity contribution in [3.8, 4) is 0 Å². The van der Waals surface area contributed by atoms with Crippen LogP contribution in [-0.2, 0) is 18.6 Å². The number of fused-ring (bicyclic) bond motifs is 1. The van der Waals surface area contributed by atoms with Crippen molar-refractivity contribution in [2.45, 2.75) is 64.1 Å². The number of aliphatic hydroxyl groups is 1. The van der Waals surface area contributed by atoms with Crippen LogP contribution < -0.4 is 0 Å². The van der Waals surface area contributed by atoms with Gasteiger partial charge in [-0.15, -0.1) is 5.10 Å². The topological polar surface area (TPSA) is 89.1 Å². The maximum absolute atomic E-state index is 13.1. The minimum atomic E-state index is -1.14. The third-order valence-electron chi connectivity index (χ3n) is 5.49. The first-order valence-electron chi connectivity index (χ1n) is 9.46. The lowest BCUT2D eigenvalue weighted by Gasteiger charge is -2.38. The van der Waals surface area contributed by atoms with Gasteiger partial charge in [-0.2, -0.15) is 5.10 Å². The Hall–Kier alpha value is -2.22. The molecule has 1 amide bonds. The summed E-state index contributed by atoms with van der Waals surface area (Å²) in [5.74, 6) is -0.0393. The molecular weight excluding hydrogens is 332 g/mol. The van der Waals surface area contributed by atoms with Crippen LogP contribution in [0, 0.1) is 0 Å². The van der Waals surface area contributed by atoms with Gasteiger partial charge in [-0.1, -0.05) is 5.21 Å². The van der Waals surface area contributed by atoms with Gasteiger partial charge >= 0.3 is 0 Å². The molecule has 1 saturated heterocycles. The molecule has 1 atom stereocenters. The van der Waals surface area contributed by atoms with Crippen LogP contribution in [0.5, 0.6) is 0 Å². The molecule has 0 saturated carbocycles. The first-order chi connectivity index (χ1) is 12.5. The summed E-state index contributed by atoms with van der Waals surface area (Å²) >= 11 is 0. The molecule has 2 aliphatic heterocycles. The van der Waals surface area contributed by atoms with E-state index in [9.17, 15) is 9.90 Å². The lowest BCUT2D eigenvalue weighted by Crippen LogP contribution is -2.49. The predicted octanol–water partition coefficient (Wildman–Crippen LogP) is 1.52. The Morgan fingerprint density at radius 1 is 1.27 bits per heavy atom. The van der Waals surface area contributed by atoms with E-state index in [1.807, 2.05) is 18.5 Å². The van der Waals surface area contributed by atoms with Crippen LogP contribution in [-0.4, -0.2) is 53.8 Å². The summed E-state index contributed by atoms with van der Waals surface area (Å²) in [5.41, 5.74) is 1.11. The highest BCUT2D eigenvalue weighted by molar-refractivity contribution is 5.95. The number of likely N-dealkylation sites (tertiary alicyclic amines) is 1. The van der Waals surface area contributed by atoms with Gasteiger partial charge in [-0.25, -0.2) is 4.68 Å². The van der Waals surface area contributed by atoms with Gasteiger partial charge in [0.05, 0.1) is 30.2 Å². The summed E-state index contributed by atoms with van der Waals surface area (Å²) in [7, 11) is 0. The van der Waals surface area contributed by atoms with E-state index in [4.69, 9.17) is 0 Å². The minimum absolute atomic E-state index is 0.0393. The Balaban J connectivity index is 1.56. The molecule has 2 aromatic rings. The smallest absolute Gasteiger partial charge is 0.257 e. The van der Waals surface area contributed by atoms with Gasteiger partial charge in [0.2, 0.25) is 0 Å². The van der Waals surface area contributed by atoms with Gasteiger partial charge < -0.3 is 10.0 Å². The van der Waals surface area contributed by atoms with E-state index >= 15 is 0 Å². The van der Waals surface area contributed by atoms with Crippen molar-refractivity contribution in [1.29, 1.82) is 0 Å². The quantitative estimate of drug-likeness (QED) is 0.898. The van der Waals surface area contributed by atoms with Gasteiger partial charge in [-0.05, 0) is 46.0 Å². The minimum Gasteiger partial charge on any atom is -0.382 e. The van der Waals surface area contributed by atoms with Crippen molar-refractivity contribution < 1.29 is 9.90 Å². The molecule has 4 rings (SSSR count). The Kier molecular flexibility index (Phi) is 4.30. The summed E-state index contributed by atoms with van der Waals surface area (Å²) < 4.78 is 3.68. The molecule has 140 valence electrons. The number of carbonyl (C=O) groups excluding carboxylic acids is 1. The molecule has 1 N–H and O–H groups in total. The first kappa shape index (κ1) is 17.2. The standard InChI is InChI=1S/C18H26N6O2/c1-13(2)24-11-16(20-21-24)18(26)7-5-8-22(12-18)17(25)14-10-19-23-9-4-3-6-15(14)23/h10-11,13,26H,3-9,12H2,1-2H3. The number of hydrogen-bond acceptors (Lipinski definition) is 5. The first-order valence-corrected chi connectivity index (χ1v) is 9.46. The van der Waals surface area contributed by atoms with Gasteiger partial charge in [0, 0.05) is 19.1 Å². The van der Waals surface area contributed by atoms with Crippen LogP contribution in [0.1, 0.15) is 67.3 Å². The number of carbonyl (C=O) groups is 1. The molecule has 1 fully saturated rings. The summed E-state index contributed by atoms with van der Waals surface area (Å²) in [6.07, 6.45) is 7.89. The van der Waals surface area contributed by atoms with E-state index in [1.165, 1.54) is 0 Å². The zero-order valence-corrected chi connectivity index (χ0v) is 15.4. The molecule has 1 unspecified atom stereocenters. The van der Waals surface area contributed by atoms with Gasteiger partial charge in [0.15, 0.2) is 0 Å². The summed E-state index contributed by atoms with van der Waals surface area (Å²) in [5, 5.41) is 23.8. The summed E-state index contributed by atoms with van der Waals surface area (Å²) in [6.45, 7) is 5.80. The van der Waals surface area contributed by atoms with E-state index in [1.54, 1.807) is 22.0 Å². The number of amides is 1. The number of β-amino-alcohol motifs (C(OH)–C–C–N with tert-alkyl or cyclic N) is 1. The largest absolute Gasteiger partial charge is 0.382 e. The number of rotatable bonds is 3. The molecule has 8 heteroatoms. The van der Waals surface area contributed by atoms with Crippen LogP contribution in [0.2, 0.25) is 0 Å². The summed E-state index contributed by atoms with van der Waals surface area (Å²) in [4.78, 5) is 14.8. The number of piperidine rings is 1. The third-order valence-corrected chi connectivity index (χ3v) is 5.49. The van der Waals surface area contributed by atoms with Crippen LogP contribution in [0.25, 0.3) is 0 Å². The number of aromatic nitrogens is 5. The van der Waals surface area contributed by atoms with Crippen LogP contribution >= 0.6 is 0 Å². The normalized spacial score (nSPS) is 23.3. The lowest BCUT2D eigenvalue weighted by molar-refractivity contribution is -0.0321. The molecule has 0 bridgehead atoms. The van der Waals surface area contributed by atoms with Gasteiger partial charge in [0.1, 0.15) is 11.3 Å². The van der Waals surface area contributed by atoms with Crippen molar-refractivity contribution >= 4 is 5.91 Å². The fourth-order valence-electron chi connectivity index (χ4n) is 3.93. The molecule has 26 heavy (non-hydrogen) atoms. The van der Waals surface area contributed by atoms with E-state index in [2.05, 4.69) is 15.4 Å². The average molecular weight is 358 g/mol. The van der Waals surface area contributed by atoms with Crippen LogP contribution in [0.3, 0.4) is 0 Å². The zero-order valence-electron chi connectivity index (χ0n) is 15.4. The van der Waals surface area contributed by atoms with E-state index in [-0.39, 0.29) is 18.5 Å². The highest BCUT2D eigenvalue weighted by atomic mass is 16.3. The highest BCUT2D eigenvalue weighted by Gasteiger charge is 2.40. The molecule has 8 nitrogen and oxygen atoms in total. The molecular formula is C18H26N6O2. The second-order valence-electron chi connectivity index (χ2n) is 7.72. The molecule has 0 aromatic carbocycles. The van der Waals surface area contributed by atoms with E-state index in [0.29, 0.717) is 24.2 Å². The maximum Gasteiger partial charge on any atom is 0.257 e. The Morgan fingerprint density at radius 3 is 2.88 bits per heavy atom. The number of aryl methyl sites for hydroxylation is 1. The summed E-state index contributed by atoms with van der Waals surface area (Å²) in [6, 6.07) is 0.181. The van der Waals surface area contributed by atoms with Crippen molar-refractivity contribution in [2.24, 2.45) is 0 Å². The number of nitrogens with zero attached hydrogens (tertiary/aromatic N) is 6. The Bertz CT molecular complexity index is 810. The fourth-order valence-corrected chi connectivity index (χ4v) is 3.93. The molecule has 0 spiro atoms. The van der Waals surface area contributed by atoms with E-state index in [0.717, 1.165) is 37.9 Å². The van der Waals surface area contributed by atoms with Crippen molar-refractivity contribution in [3.63, 3.8) is 0 Å². The molecule has 0 aliphatic carbocycles. The average Bonchev–Trinajstić information content (AvgIpc) is 3.29. The molecule has 2 aliphatic rings. The molecule has 2 aromatic heterocycles. The van der Waals surface area contributed by atoms with Crippen molar-refractivity contribution in [3.05, 3.63) is 29.3 Å². The number of hydrogen-bond donors (Lipinski definition) is 1. The monoisotopic (exact) mass is 358 g/mol. The Morgan fingerprint density at radius 2 is 2.12 bits per heavy atom. The predicted molar refractivity (Wildman–Crippen MR) is 94.6 cm³/mol. The second kappa shape index (κ2) is 6.50. The molecule has 0 radical (unpaired) electrons. The maximum atomic E-state index is 13.1. The Labute approximate surface area is 152 Å². The van der Waals surface area contributed by atoms with Crippen molar-refractivity contribution in [2.75, 3.05) is 13.1 Å².